The molecule has 0 aromatic carbocycles. The number of nitrogens with zero attached hydrogens (tertiary/aromatic N) is 2. The van der Waals surface area contributed by atoms with Gasteiger partial charge in [-0.1, -0.05) is 0 Å². The second-order valence-electron chi connectivity index (χ2n) is 3.71. The quantitative estimate of drug-likeness (QED) is 0.611. The molecule has 1 aliphatic rings. The molecule has 0 atom stereocenters. The van der Waals surface area contributed by atoms with E-state index in [-0.39, 0.29) is 37.9 Å². The van der Waals surface area contributed by atoms with E-state index in [4.69, 9.17) is 10.2 Å². The Hall–Kier alpha value is -1.14. The summed E-state index contributed by atoms with van der Waals surface area (Å²) in [5.74, 6) is -0.145. The Bertz CT molecular complexity index is 223. The second-order valence-corrected chi connectivity index (χ2v) is 3.71. The fraction of sp³-hybridized carbons (Fsp3) is 0.800. The van der Waals surface area contributed by atoms with Gasteiger partial charge >= 0.3 is 0 Å². The molecule has 0 radical (unpaired) electrons. The molecule has 0 spiro atoms. The molecule has 2 N–H and O–H groups in total. The Balaban J connectivity index is 2.33. The van der Waals surface area contributed by atoms with Crippen LogP contribution in [0.15, 0.2) is 0 Å². The van der Waals surface area contributed by atoms with Crippen molar-refractivity contribution in [2.24, 2.45) is 0 Å². The molecule has 1 saturated heterocycles. The van der Waals surface area contributed by atoms with Crippen LogP contribution < -0.4 is 0 Å². The van der Waals surface area contributed by atoms with Crippen LogP contribution in [0.3, 0.4) is 0 Å². The molecule has 0 aromatic rings. The highest BCUT2D eigenvalue weighted by molar-refractivity contribution is 5.78. The SMILES string of the molecule is O=C(CCO)N1CCN(C(=O)CCO)CC1. The molecular formula is C10H18N2O4. The summed E-state index contributed by atoms with van der Waals surface area (Å²) in [6.45, 7) is 1.77. The van der Waals surface area contributed by atoms with Gasteiger partial charge in [0.05, 0.1) is 13.2 Å². The van der Waals surface area contributed by atoms with Crippen LogP contribution in [0.4, 0.5) is 0 Å². The van der Waals surface area contributed by atoms with Crippen LogP contribution in [0.5, 0.6) is 0 Å². The summed E-state index contributed by atoms with van der Waals surface area (Å²) in [4.78, 5) is 26.1. The molecule has 1 rings (SSSR count). The Morgan fingerprint density at radius 1 is 0.812 bits per heavy atom. The molecule has 6 heteroatoms. The number of carbonyl (C=O) groups excluding carboxylic acids is 2. The summed E-state index contributed by atoms with van der Waals surface area (Å²) < 4.78 is 0. The normalized spacial score (nSPS) is 16.4. The first kappa shape index (κ1) is 12.9. The van der Waals surface area contributed by atoms with Gasteiger partial charge in [0, 0.05) is 39.0 Å². The molecule has 0 aliphatic carbocycles. The number of hydrogen-bond acceptors (Lipinski definition) is 4. The van der Waals surface area contributed by atoms with Crippen molar-refractivity contribution in [2.75, 3.05) is 39.4 Å². The van der Waals surface area contributed by atoms with Crippen molar-refractivity contribution in [2.45, 2.75) is 12.8 Å². The lowest BCUT2D eigenvalue weighted by Gasteiger charge is -2.34. The lowest BCUT2D eigenvalue weighted by atomic mass is 10.2. The molecule has 1 aliphatic heterocycles. The van der Waals surface area contributed by atoms with Crippen molar-refractivity contribution in [3.8, 4) is 0 Å². The zero-order valence-electron chi connectivity index (χ0n) is 9.26. The molecule has 1 heterocycles. The number of carbonyl (C=O) groups is 2. The molecule has 0 aromatic heterocycles. The molecule has 16 heavy (non-hydrogen) atoms. The maximum Gasteiger partial charge on any atom is 0.225 e. The average Bonchev–Trinajstić information content (AvgIpc) is 2.30. The summed E-state index contributed by atoms with van der Waals surface area (Å²) in [5, 5.41) is 17.3. The fourth-order valence-electron chi connectivity index (χ4n) is 1.71. The van der Waals surface area contributed by atoms with Crippen molar-refractivity contribution in [3.63, 3.8) is 0 Å². The van der Waals surface area contributed by atoms with E-state index in [1.54, 1.807) is 9.80 Å². The van der Waals surface area contributed by atoms with Gasteiger partial charge in [0.1, 0.15) is 0 Å². The lowest BCUT2D eigenvalue weighted by Crippen LogP contribution is -2.50. The number of rotatable bonds is 4. The smallest absolute Gasteiger partial charge is 0.225 e. The number of aliphatic hydroxyl groups is 2. The van der Waals surface area contributed by atoms with Crippen LogP contribution in [0.1, 0.15) is 12.8 Å². The van der Waals surface area contributed by atoms with Gasteiger partial charge in [-0.2, -0.15) is 0 Å². The van der Waals surface area contributed by atoms with E-state index in [1.807, 2.05) is 0 Å². The first-order valence-electron chi connectivity index (χ1n) is 5.46. The van der Waals surface area contributed by atoms with E-state index in [1.165, 1.54) is 0 Å². The monoisotopic (exact) mass is 230 g/mol. The van der Waals surface area contributed by atoms with Crippen LogP contribution in [0.25, 0.3) is 0 Å². The standard InChI is InChI=1S/C10H18N2O4/c13-7-1-9(15)11-3-5-12(6-4-11)10(16)2-8-14/h13-14H,1-8H2. The molecule has 0 unspecified atom stereocenters. The van der Waals surface area contributed by atoms with Crippen LogP contribution >= 0.6 is 0 Å². The van der Waals surface area contributed by atoms with Gasteiger partial charge in [0.2, 0.25) is 11.8 Å². The van der Waals surface area contributed by atoms with Crippen molar-refractivity contribution in [1.29, 1.82) is 0 Å². The van der Waals surface area contributed by atoms with E-state index >= 15 is 0 Å². The first-order valence-corrected chi connectivity index (χ1v) is 5.46. The van der Waals surface area contributed by atoms with Crippen LogP contribution in [0.2, 0.25) is 0 Å². The highest BCUT2D eigenvalue weighted by atomic mass is 16.3. The topological polar surface area (TPSA) is 81.1 Å². The van der Waals surface area contributed by atoms with E-state index in [9.17, 15) is 9.59 Å². The van der Waals surface area contributed by atoms with Gasteiger partial charge in [0.25, 0.3) is 0 Å². The highest BCUT2D eigenvalue weighted by Crippen LogP contribution is 2.05. The molecule has 2 amide bonds. The Morgan fingerprint density at radius 2 is 1.12 bits per heavy atom. The zero-order chi connectivity index (χ0) is 12.0. The van der Waals surface area contributed by atoms with E-state index < -0.39 is 0 Å². The van der Waals surface area contributed by atoms with Crippen LogP contribution in [-0.2, 0) is 9.59 Å². The Labute approximate surface area is 94.4 Å². The second kappa shape index (κ2) is 6.44. The van der Waals surface area contributed by atoms with Crippen LogP contribution in [0, 0.1) is 0 Å². The minimum Gasteiger partial charge on any atom is -0.396 e. The third-order valence-electron chi connectivity index (χ3n) is 2.64. The maximum atomic E-state index is 11.4. The summed E-state index contributed by atoms with van der Waals surface area (Å²) in [6, 6.07) is 0. The van der Waals surface area contributed by atoms with Gasteiger partial charge < -0.3 is 20.0 Å². The summed E-state index contributed by atoms with van der Waals surface area (Å²) in [6.07, 6.45) is 0.287. The third kappa shape index (κ3) is 3.46. The Morgan fingerprint density at radius 3 is 1.38 bits per heavy atom. The largest absolute Gasteiger partial charge is 0.396 e. The lowest BCUT2D eigenvalue weighted by molar-refractivity contribution is -0.140. The van der Waals surface area contributed by atoms with Gasteiger partial charge in [-0.05, 0) is 0 Å². The average molecular weight is 230 g/mol. The van der Waals surface area contributed by atoms with Crippen LogP contribution in [-0.4, -0.2) is 71.2 Å². The van der Waals surface area contributed by atoms with Gasteiger partial charge in [-0.3, -0.25) is 9.59 Å². The van der Waals surface area contributed by atoms with Gasteiger partial charge in [0.15, 0.2) is 0 Å². The Kier molecular flexibility index (Phi) is 5.21. The van der Waals surface area contributed by atoms with E-state index in [0.717, 1.165) is 0 Å². The fourth-order valence-corrected chi connectivity index (χ4v) is 1.71. The molecule has 92 valence electrons. The molecule has 0 bridgehead atoms. The molecule has 1 fully saturated rings. The summed E-state index contributed by atoms with van der Waals surface area (Å²) >= 11 is 0. The van der Waals surface area contributed by atoms with Gasteiger partial charge in [-0.15, -0.1) is 0 Å². The van der Waals surface area contributed by atoms with Crippen molar-refractivity contribution < 1.29 is 19.8 Å². The molecule has 6 nitrogen and oxygen atoms in total. The predicted octanol–water partition coefficient (Wildman–Crippen LogP) is -1.58. The van der Waals surface area contributed by atoms with Crippen molar-refractivity contribution >= 4 is 11.8 Å². The minimum absolute atomic E-state index is 0.0724. The number of piperazine rings is 1. The third-order valence-corrected chi connectivity index (χ3v) is 2.64. The van der Waals surface area contributed by atoms with Gasteiger partial charge in [-0.25, -0.2) is 0 Å². The maximum absolute atomic E-state index is 11.4. The first-order chi connectivity index (χ1) is 7.69. The highest BCUT2D eigenvalue weighted by Gasteiger charge is 2.23. The summed E-state index contributed by atoms with van der Waals surface area (Å²) in [7, 11) is 0. The van der Waals surface area contributed by atoms with Crippen molar-refractivity contribution in [1.82, 2.24) is 9.80 Å². The number of amides is 2. The molecule has 0 saturated carbocycles. The zero-order valence-corrected chi connectivity index (χ0v) is 9.26. The number of hydrogen-bond donors (Lipinski definition) is 2. The van der Waals surface area contributed by atoms with E-state index in [2.05, 4.69) is 0 Å². The predicted molar refractivity (Wildman–Crippen MR) is 56.6 cm³/mol. The molecular weight excluding hydrogens is 212 g/mol. The minimum atomic E-state index is -0.136. The van der Waals surface area contributed by atoms with Crippen molar-refractivity contribution in [3.05, 3.63) is 0 Å². The summed E-state index contributed by atoms with van der Waals surface area (Å²) in [5.41, 5.74) is 0. The number of aliphatic hydroxyl groups excluding tert-OH is 2. The van der Waals surface area contributed by atoms with E-state index in [0.29, 0.717) is 26.2 Å².